The van der Waals surface area contributed by atoms with Gasteiger partial charge in [-0.1, -0.05) is 25.4 Å². The Labute approximate surface area is 124 Å². The van der Waals surface area contributed by atoms with E-state index in [2.05, 4.69) is 24.1 Å². The molecule has 2 aromatic rings. The van der Waals surface area contributed by atoms with Crippen LogP contribution in [0, 0.1) is 12.8 Å². The van der Waals surface area contributed by atoms with Crippen molar-refractivity contribution >= 4 is 17.5 Å². The first-order chi connectivity index (χ1) is 9.51. The number of hydrogen-bond acceptors (Lipinski definition) is 3. The zero-order chi connectivity index (χ0) is 14.7. The second-order valence-electron chi connectivity index (χ2n) is 5.17. The Bertz CT molecular complexity index is 593. The number of ether oxygens (including phenoxy) is 1. The number of aryl methyl sites for hydroxylation is 1. The molecule has 0 atom stereocenters. The van der Waals surface area contributed by atoms with Crippen molar-refractivity contribution in [3.8, 4) is 11.4 Å². The van der Waals surface area contributed by atoms with Gasteiger partial charge in [-0.05, 0) is 31.0 Å². The van der Waals surface area contributed by atoms with E-state index in [1.165, 1.54) is 0 Å². The number of methoxy groups -OCH3 is 1. The molecule has 0 unspecified atom stereocenters. The molecule has 0 fully saturated rings. The lowest BCUT2D eigenvalue weighted by Gasteiger charge is -2.12. The Balaban J connectivity index is 2.34. The molecule has 20 heavy (non-hydrogen) atoms. The van der Waals surface area contributed by atoms with E-state index in [0.717, 1.165) is 23.9 Å². The number of benzene rings is 1. The Morgan fingerprint density at radius 2 is 2.15 bits per heavy atom. The van der Waals surface area contributed by atoms with Crippen molar-refractivity contribution < 1.29 is 4.74 Å². The smallest absolute Gasteiger partial charge is 0.207 e. The van der Waals surface area contributed by atoms with Crippen LogP contribution in [-0.4, -0.2) is 23.2 Å². The monoisotopic (exact) mass is 293 g/mol. The van der Waals surface area contributed by atoms with Gasteiger partial charge in [-0.2, -0.15) is 0 Å². The molecule has 0 radical (unpaired) electrons. The third-order valence-corrected chi connectivity index (χ3v) is 3.20. The van der Waals surface area contributed by atoms with Gasteiger partial charge in [0.25, 0.3) is 0 Å². The number of halogens is 1. The van der Waals surface area contributed by atoms with Crippen LogP contribution in [0.15, 0.2) is 24.4 Å². The van der Waals surface area contributed by atoms with Gasteiger partial charge in [0, 0.05) is 12.7 Å². The van der Waals surface area contributed by atoms with Crippen molar-refractivity contribution in [3.63, 3.8) is 0 Å². The summed E-state index contributed by atoms with van der Waals surface area (Å²) in [5.41, 5.74) is 1.92. The molecule has 0 aliphatic heterocycles. The zero-order valence-electron chi connectivity index (χ0n) is 12.3. The van der Waals surface area contributed by atoms with Crippen molar-refractivity contribution in [2.45, 2.75) is 20.8 Å². The molecule has 0 aliphatic rings. The first-order valence-corrected chi connectivity index (χ1v) is 7.03. The molecule has 108 valence electrons. The number of rotatable bonds is 5. The molecule has 1 N–H and O–H groups in total. The van der Waals surface area contributed by atoms with Gasteiger partial charge in [-0.15, -0.1) is 0 Å². The Hall–Kier alpha value is -1.68. The highest BCUT2D eigenvalue weighted by Crippen LogP contribution is 2.28. The molecule has 2 rings (SSSR count). The molecule has 5 heteroatoms. The fraction of sp³-hybridized carbons (Fsp3) is 0.400. The summed E-state index contributed by atoms with van der Waals surface area (Å²) in [5, 5.41) is 3.95. The highest BCUT2D eigenvalue weighted by atomic mass is 35.5. The molecular weight excluding hydrogens is 274 g/mol. The molecule has 0 bridgehead atoms. The Morgan fingerprint density at radius 3 is 2.75 bits per heavy atom. The van der Waals surface area contributed by atoms with E-state index in [0.29, 0.717) is 16.7 Å². The van der Waals surface area contributed by atoms with Gasteiger partial charge in [-0.3, -0.25) is 4.57 Å². The van der Waals surface area contributed by atoms with Crippen LogP contribution in [0.4, 0.5) is 5.95 Å². The van der Waals surface area contributed by atoms with Crippen LogP contribution < -0.4 is 10.1 Å². The minimum Gasteiger partial charge on any atom is -0.495 e. The Morgan fingerprint density at radius 1 is 1.40 bits per heavy atom. The van der Waals surface area contributed by atoms with Gasteiger partial charge < -0.3 is 10.1 Å². The Kier molecular flexibility index (Phi) is 4.55. The predicted octanol–water partition coefficient (Wildman–Crippen LogP) is 3.91. The van der Waals surface area contributed by atoms with E-state index in [1.807, 2.05) is 35.9 Å². The van der Waals surface area contributed by atoms with Crippen LogP contribution in [0.3, 0.4) is 0 Å². The first-order valence-electron chi connectivity index (χ1n) is 6.65. The van der Waals surface area contributed by atoms with E-state index in [9.17, 15) is 0 Å². The van der Waals surface area contributed by atoms with Crippen molar-refractivity contribution in [2.75, 3.05) is 19.0 Å². The quantitative estimate of drug-likeness (QED) is 0.908. The SMILES string of the molecule is COc1ccc(-n2cc(C)nc2NCC(C)C)cc1Cl. The summed E-state index contributed by atoms with van der Waals surface area (Å²) in [4.78, 5) is 4.51. The van der Waals surface area contributed by atoms with Gasteiger partial charge in [-0.25, -0.2) is 4.98 Å². The van der Waals surface area contributed by atoms with Crippen molar-refractivity contribution in [2.24, 2.45) is 5.92 Å². The van der Waals surface area contributed by atoms with Crippen LogP contribution in [0.1, 0.15) is 19.5 Å². The minimum atomic E-state index is 0.555. The largest absolute Gasteiger partial charge is 0.495 e. The second-order valence-corrected chi connectivity index (χ2v) is 5.58. The van der Waals surface area contributed by atoms with Gasteiger partial charge in [0.2, 0.25) is 5.95 Å². The zero-order valence-corrected chi connectivity index (χ0v) is 13.0. The number of nitrogens with one attached hydrogen (secondary N) is 1. The van der Waals surface area contributed by atoms with Gasteiger partial charge in [0.15, 0.2) is 0 Å². The van der Waals surface area contributed by atoms with Crippen molar-refractivity contribution in [1.29, 1.82) is 0 Å². The topological polar surface area (TPSA) is 39.1 Å². The lowest BCUT2D eigenvalue weighted by atomic mass is 10.2. The number of hydrogen-bond donors (Lipinski definition) is 1. The van der Waals surface area contributed by atoms with E-state index in [4.69, 9.17) is 16.3 Å². The summed E-state index contributed by atoms with van der Waals surface area (Å²) in [7, 11) is 1.61. The van der Waals surface area contributed by atoms with Crippen molar-refractivity contribution in [3.05, 3.63) is 35.1 Å². The molecule has 4 nitrogen and oxygen atoms in total. The van der Waals surface area contributed by atoms with Gasteiger partial charge in [0.1, 0.15) is 5.75 Å². The predicted molar refractivity (Wildman–Crippen MR) is 83.2 cm³/mol. The highest BCUT2D eigenvalue weighted by molar-refractivity contribution is 6.32. The van der Waals surface area contributed by atoms with Gasteiger partial charge in [0.05, 0.1) is 23.5 Å². The number of aromatic nitrogens is 2. The second kappa shape index (κ2) is 6.18. The van der Waals surface area contributed by atoms with E-state index in [-0.39, 0.29) is 0 Å². The summed E-state index contributed by atoms with van der Waals surface area (Å²) in [6, 6.07) is 5.70. The fourth-order valence-electron chi connectivity index (χ4n) is 1.92. The van der Waals surface area contributed by atoms with E-state index < -0.39 is 0 Å². The fourth-order valence-corrected chi connectivity index (χ4v) is 2.17. The lowest BCUT2D eigenvalue weighted by Crippen LogP contribution is -2.12. The summed E-state index contributed by atoms with van der Waals surface area (Å²) in [5.74, 6) is 2.06. The molecule has 1 heterocycles. The summed E-state index contributed by atoms with van der Waals surface area (Å²) in [6.07, 6.45) is 1.99. The maximum absolute atomic E-state index is 6.19. The molecule has 0 amide bonds. The number of imidazole rings is 1. The molecule has 0 saturated heterocycles. The average Bonchev–Trinajstić information content (AvgIpc) is 2.77. The van der Waals surface area contributed by atoms with Crippen LogP contribution in [0.25, 0.3) is 5.69 Å². The van der Waals surface area contributed by atoms with Gasteiger partial charge >= 0.3 is 0 Å². The maximum Gasteiger partial charge on any atom is 0.207 e. The van der Waals surface area contributed by atoms with Crippen molar-refractivity contribution in [1.82, 2.24) is 9.55 Å². The molecule has 0 aliphatic carbocycles. The third-order valence-electron chi connectivity index (χ3n) is 2.91. The number of nitrogens with zero attached hydrogens (tertiary/aromatic N) is 2. The summed E-state index contributed by atoms with van der Waals surface area (Å²) in [6.45, 7) is 7.18. The minimum absolute atomic E-state index is 0.555. The summed E-state index contributed by atoms with van der Waals surface area (Å²) < 4.78 is 7.18. The van der Waals surface area contributed by atoms with Crippen LogP contribution in [0.2, 0.25) is 5.02 Å². The van der Waals surface area contributed by atoms with E-state index >= 15 is 0 Å². The first kappa shape index (κ1) is 14.7. The third kappa shape index (κ3) is 3.25. The molecule has 1 aromatic heterocycles. The highest BCUT2D eigenvalue weighted by Gasteiger charge is 2.10. The van der Waals surface area contributed by atoms with Crippen LogP contribution in [-0.2, 0) is 0 Å². The van der Waals surface area contributed by atoms with Crippen LogP contribution >= 0.6 is 11.6 Å². The average molecular weight is 294 g/mol. The number of anilines is 1. The van der Waals surface area contributed by atoms with Crippen LogP contribution in [0.5, 0.6) is 5.75 Å². The molecule has 1 aromatic carbocycles. The molecule has 0 spiro atoms. The maximum atomic E-state index is 6.19. The summed E-state index contributed by atoms with van der Waals surface area (Å²) >= 11 is 6.19. The molecule has 0 saturated carbocycles. The normalized spacial score (nSPS) is 10.9. The molecular formula is C15H20ClN3O. The van der Waals surface area contributed by atoms with E-state index in [1.54, 1.807) is 7.11 Å². The standard InChI is InChI=1S/C15H20ClN3O/c1-10(2)8-17-15-18-11(3)9-19(15)12-5-6-14(20-4)13(16)7-12/h5-7,9-10H,8H2,1-4H3,(H,17,18). The lowest BCUT2D eigenvalue weighted by molar-refractivity contribution is 0.415.